The third-order valence-electron chi connectivity index (χ3n) is 4.01. The number of hydrogen-bond donors (Lipinski definition) is 1. The fourth-order valence-electron chi connectivity index (χ4n) is 2.44. The Bertz CT molecular complexity index is 879. The summed E-state index contributed by atoms with van der Waals surface area (Å²) in [5.41, 5.74) is 0.669. The summed E-state index contributed by atoms with van der Waals surface area (Å²) in [4.78, 5) is 26.4. The second-order valence-corrected chi connectivity index (χ2v) is 8.05. The molecule has 0 fully saturated rings. The maximum absolute atomic E-state index is 12.8. The van der Waals surface area contributed by atoms with Crippen molar-refractivity contribution >= 4 is 62.5 Å². The van der Waals surface area contributed by atoms with Crippen LogP contribution in [-0.2, 0) is 16.1 Å². The van der Waals surface area contributed by atoms with E-state index in [0.29, 0.717) is 30.9 Å². The van der Waals surface area contributed by atoms with Crippen molar-refractivity contribution in [3.05, 3.63) is 61.5 Å². The van der Waals surface area contributed by atoms with Crippen LogP contribution in [0, 0.1) is 0 Å². The monoisotopic (exact) mass is 506 g/mol. The summed E-state index contributed by atoms with van der Waals surface area (Å²) in [7, 11) is 1.51. The highest BCUT2D eigenvalue weighted by molar-refractivity contribution is 9.10. The molecule has 2 amide bonds. The minimum Gasteiger partial charge on any atom is -0.483 e. The number of carbonyl (C=O) groups excluding carboxylic acids is 2. The Morgan fingerprint density at radius 2 is 1.79 bits per heavy atom. The number of halogens is 4. The largest absolute Gasteiger partial charge is 0.483 e. The van der Waals surface area contributed by atoms with Crippen molar-refractivity contribution in [1.29, 1.82) is 0 Å². The van der Waals surface area contributed by atoms with Crippen molar-refractivity contribution in [2.75, 3.05) is 13.7 Å². The molecule has 2 rings (SSSR count). The molecule has 0 aromatic heterocycles. The van der Waals surface area contributed by atoms with Crippen molar-refractivity contribution in [1.82, 2.24) is 10.2 Å². The molecule has 0 unspecified atom stereocenters. The topological polar surface area (TPSA) is 58.6 Å². The van der Waals surface area contributed by atoms with Crippen LogP contribution in [0.5, 0.6) is 5.75 Å². The normalized spacial score (nSPS) is 11.6. The molecule has 0 heterocycles. The number of hydrogen-bond acceptors (Lipinski definition) is 3. The summed E-state index contributed by atoms with van der Waals surface area (Å²) in [5, 5.41) is 3.99. The number of rotatable bonds is 7. The van der Waals surface area contributed by atoms with Crippen LogP contribution in [0.2, 0.25) is 15.1 Å². The first-order valence-corrected chi connectivity index (χ1v) is 10.2. The molecule has 0 radical (unpaired) electrons. The molecule has 28 heavy (non-hydrogen) atoms. The van der Waals surface area contributed by atoms with Crippen molar-refractivity contribution < 1.29 is 14.3 Å². The van der Waals surface area contributed by atoms with Gasteiger partial charge in [0.25, 0.3) is 5.91 Å². The fourth-order valence-corrected chi connectivity index (χ4v) is 3.71. The molecule has 2 aromatic carbocycles. The lowest BCUT2D eigenvalue weighted by Gasteiger charge is -2.28. The van der Waals surface area contributed by atoms with Crippen LogP contribution >= 0.6 is 50.7 Å². The zero-order valence-corrected chi connectivity index (χ0v) is 19.0. The number of amides is 2. The van der Waals surface area contributed by atoms with Crippen LogP contribution < -0.4 is 10.1 Å². The van der Waals surface area contributed by atoms with Crippen molar-refractivity contribution in [3.63, 3.8) is 0 Å². The lowest BCUT2D eigenvalue weighted by Crippen LogP contribution is -2.48. The summed E-state index contributed by atoms with van der Waals surface area (Å²) in [5.74, 6) is -0.204. The lowest BCUT2D eigenvalue weighted by atomic mass is 10.1. The van der Waals surface area contributed by atoms with Crippen molar-refractivity contribution in [2.45, 2.75) is 19.5 Å². The van der Waals surface area contributed by atoms with Gasteiger partial charge >= 0.3 is 0 Å². The number of carbonyl (C=O) groups is 2. The van der Waals surface area contributed by atoms with E-state index in [1.165, 1.54) is 11.9 Å². The fraction of sp³-hybridized carbons (Fsp3) is 0.263. The Morgan fingerprint density at radius 1 is 1.14 bits per heavy atom. The van der Waals surface area contributed by atoms with Gasteiger partial charge in [-0.15, -0.1) is 0 Å². The van der Waals surface area contributed by atoms with E-state index in [1.807, 2.05) is 0 Å². The SMILES string of the molecule is CNC(=O)[C@@H](C)N(Cc1ccc(Cl)cc1Cl)C(=O)COc1ccc(Cl)cc1Br. The molecular weight excluding hydrogens is 490 g/mol. The van der Waals surface area contributed by atoms with Crippen LogP contribution in [0.4, 0.5) is 0 Å². The van der Waals surface area contributed by atoms with Crippen molar-refractivity contribution in [3.8, 4) is 5.75 Å². The molecule has 5 nitrogen and oxygen atoms in total. The van der Waals surface area contributed by atoms with E-state index in [-0.39, 0.29) is 25.0 Å². The highest BCUT2D eigenvalue weighted by Gasteiger charge is 2.26. The molecule has 9 heteroatoms. The zero-order chi connectivity index (χ0) is 20.8. The molecule has 0 spiro atoms. The van der Waals surface area contributed by atoms with E-state index < -0.39 is 6.04 Å². The van der Waals surface area contributed by atoms with E-state index >= 15 is 0 Å². The molecule has 2 aromatic rings. The maximum atomic E-state index is 12.8. The number of nitrogens with zero attached hydrogens (tertiary/aromatic N) is 1. The molecule has 0 aliphatic heterocycles. The van der Waals surface area contributed by atoms with Gasteiger partial charge in [0.15, 0.2) is 6.61 Å². The smallest absolute Gasteiger partial charge is 0.261 e. The molecule has 0 aliphatic rings. The highest BCUT2D eigenvalue weighted by Crippen LogP contribution is 2.28. The average Bonchev–Trinajstić information content (AvgIpc) is 2.65. The first-order valence-electron chi connectivity index (χ1n) is 8.25. The number of ether oxygens (including phenoxy) is 1. The summed E-state index contributed by atoms with van der Waals surface area (Å²) < 4.78 is 6.23. The second-order valence-electron chi connectivity index (χ2n) is 5.91. The molecular formula is C19H18BrCl3N2O3. The summed E-state index contributed by atoms with van der Waals surface area (Å²) in [6.45, 7) is 1.51. The van der Waals surface area contributed by atoms with Gasteiger partial charge in [0.2, 0.25) is 5.91 Å². The molecule has 0 saturated carbocycles. The first-order chi connectivity index (χ1) is 13.2. The summed E-state index contributed by atoms with van der Waals surface area (Å²) >= 11 is 21.4. The van der Waals surface area contributed by atoms with Crippen LogP contribution in [0.25, 0.3) is 0 Å². The van der Waals surface area contributed by atoms with Crippen LogP contribution in [-0.4, -0.2) is 36.4 Å². The quantitative estimate of drug-likeness (QED) is 0.576. The first kappa shape index (κ1) is 22.8. The Morgan fingerprint density at radius 3 is 2.39 bits per heavy atom. The Labute approximate surface area is 187 Å². The second kappa shape index (κ2) is 10.3. The van der Waals surface area contributed by atoms with Gasteiger partial charge in [0.05, 0.1) is 4.47 Å². The Hall–Kier alpha value is -1.47. The van der Waals surface area contributed by atoms with Gasteiger partial charge in [-0.25, -0.2) is 0 Å². The van der Waals surface area contributed by atoms with Crippen molar-refractivity contribution in [2.24, 2.45) is 0 Å². The van der Waals surface area contributed by atoms with Gasteiger partial charge < -0.3 is 15.0 Å². The molecule has 150 valence electrons. The zero-order valence-electron chi connectivity index (χ0n) is 15.1. The summed E-state index contributed by atoms with van der Waals surface area (Å²) in [6.07, 6.45) is 0. The molecule has 0 aliphatic carbocycles. The predicted octanol–water partition coefficient (Wildman–Crippen LogP) is 4.95. The van der Waals surface area contributed by atoms with E-state index in [1.54, 1.807) is 43.3 Å². The van der Waals surface area contributed by atoms with Crippen LogP contribution in [0.1, 0.15) is 12.5 Å². The van der Waals surface area contributed by atoms with Crippen LogP contribution in [0.15, 0.2) is 40.9 Å². The van der Waals surface area contributed by atoms with Gasteiger partial charge in [-0.3, -0.25) is 9.59 Å². The third-order valence-corrected chi connectivity index (χ3v) is 5.46. The van der Waals surface area contributed by atoms with Gasteiger partial charge in [0, 0.05) is 28.7 Å². The minimum atomic E-state index is -0.721. The van der Waals surface area contributed by atoms with Gasteiger partial charge in [-0.2, -0.15) is 0 Å². The van der Waals surface area contributed by atoms with Gasteiger partial charge in [0.1, 0.15) is 11.8 Å². The number of nitrogens with one attached hydrogen (secondary N) is 1. The molecule has 0 bridgehead atoms. The Kier molecular flexibility index (Phi) is 8.43. The molecule has 1 N–H and O–H groups in total. The van der Waals surface area contributed by atoms with E-state index in [4.69, 9.17) is 39.5 Å². The minimum absolute atomic E-state index is 0.134. The van der Waals surface area contributed by atoms with Crippen LogP contribution in [0.3, 0.4) is 0 Å². The molecule has 0 saturated heterocycles. The van der Waals surface area contributed by atoms with Gasteiger partial charge in [-0.1, -0.05) is 40.9 Å². The number of benzene rings is 2. The summed E-state index contributed by atoms with van der Waals surface area (Å²) in [6, 6.07) is 9.25. The maximum Gasteiger partial charge on any atom is 0.261 e. The van der Waals surface area contributed by atoms with Gasteiger partial charge in [-0.05, 0) is 58.7 Å². The van der Waals surface area contributed by atoms with E-state index in [9.17, 15) is 9.59 Å². The highest BCUT2D eigenvalue weighted by atomic mass is 79.9. The van der Waals surface area contributed by atoms with E-state index in [2.05, 4.69) is 21.2 Å². The lowest BCUT2D eigenvalue weighted by molar-refractivity contribution is -0.142. The van der Waals surface area contributed by atoms with E-state index in [0.717, 1.165) is 0 Å². The number of likely N-dealkylation sites (N-methyl/N-ethyl adjacent to an activating group) is 1. The molecule has 1 atom stereocenters. The average molecular weight is 509 g/mol. The Balaban J connectivity index is 2.19. The predicted molar refractivity (Wildman–Crippen MR) is 115 cm³/mol. The standard InChI is InChI=1S/C19H18BrCl3N2O3/c1-11(19(27)24-2)25(9-12-3-4-14(22)8-16(12)23)18(26)10-28-17-6-5-13(21)7-15(17)20/h3-8,11H,9-10H2,1-2H3,(H,24,27)/t11-/m1/s1. The third kappa shape index (κ3) is 6.01.